The molecule has 176 valence electrons. The quantitative estimate of drug-likeness (QED) is 0.175. The molecular weight excluding hydrogens is 439 g/mol. The first-order valence-electron chi connectivity index (χ1n) is 11.1. The highest BCUT2D eigenvalue weighted by molar-refractivity contribution is 7.72. The van der Waals surface area contributed by atoms with E-state index in [1.54, 1.807) is 29.3 Å². The SMILES string of the molecule is COP(=O)(OC)C(=[N+]=[N-])[C@@H](C1CCCCC1)N(Cc1ccccc1)NC(=O)c1ccccc1. The lowest BCUT2D eigenvalue weighted by molar-refractivity contribution is -0.0245. The van der Waals surface area contributed by atoms with Crippen LogP contribution in [0.1, 0.15) is 48.0 Å². The Hall–Kier alpha value is -2.60. The Bertz CT molecular complexity index is 998. The number of hydrazine groups is 1. The standard InChI is InChI=1S/C24H31N4O4P/c1-31-33(30,32-2)24(26-25)22(20-14-8-4-9-15-20)28(18-19-12-6-3-7-13-19)27-23(29)21-16-10-5-11-17-21/h3,5-7,10-13,16-17,20,22H,4,8-9,14-15,18H2,1-2H3,(H,27,29)/t22-/m1/s1. The molecule has 0 heterocycles. The first-order valence-corrected chi connectivity index (χ1v) is 12.7. The van der Waals surface area contributed by atoms with E-state index in [9.17, 15) is 14.9 Å². The third-order valence-corrected chi connectivity index (χ3v) is 7.91. The minimum absolute atomic E-state index is 0.0111. The van der Waals surface area contributed by atoms with Gasteiger partial charge >= 0.3 is 13.0 Å². The van der Waals surface area contributed by atoms with Crippen LogP contribution in [-0.2, 0) is 20.2 Å². The monoisotopic (exact) mass is 470 g/mol. The van der Waals surface area contributed by atoms with Gasteiger partial charge in [-0.1, -0.05) is 67.8 Å². The van der Waals surface area contributed by atoms with Gasteiger partial charge in [0.2, 0.25) is 0 Å². The summed E-state index contributed by atoms with van der Waals surface area (Å²) in [6, 6.07) is 17.8. The summed E-state index contributed by atoms with van der Waals surface area (Å²) in [6.07, 6.45) is 4.77. The highest BCUT2D eigenvalue weighted by Gasteiger charge is 2.50. The van der Waals surface area contributed by atoms with Crippen molar-refractivity contribution in [3.63, 3.8) is 0 Å². The fourth-order valence-electron chi connectivity index (χ4n) is 4.36. The number of amides is 1. The zero-order valence-corrected chi connectivity index (χ0v) is 20.0. The van der Waals surface area contributed by atoms with Gasteiger partial charge in [0.1, 0.15) is 6.04 Å². The summed E-state index contributed by atoms with van der Waals surface area (Å²) in [4.78, 5) is 16.6. The number of carbonyl (C=O) groups excluding carboxylic acids is 1. The van der Waals surface area contributed by atoms with E-state index >= 15 is 0 Å². The molecule has 2 aromatic rings. The maximum absolute atomic E-state index is 13.4. The summed E-state index contributed by atoms with van der Waals surface area (Å²) < 4.78 is 23.8. The third-order valence-electron chi connectivity index (χ3n) is 6.04. The van der Waals surface area contributed by atoms with Crippen LogP contribution in [0.3, 0.4) is 0 Å². The van der Waals surface area contributed by atoms with E-state index in [-0.39, 0.29) is 17.3 Å². The summed E-state index contributed by atoms with van der Waals surface area (Å²) in [7, 11) is -1.36. The first-order chi connectivity index (χ1) is 16.0. The van der Waals surface area contributed by atoms with Crippen LogP contribution in [0.5, 0.6) is 0 Å². The van der Waals surface area contributed by atoms with Gasteiger partial charge in [0.05, 0.1) is 0 Å². The molecule has 1 atom stereocenters. The van der Waals surface area contributed by atoms with Gasteiger partial charge in [-0.3, -0.25) is 10.2 Å². The molecule has 0 aliphatic heterocycles. The Kier molecular flexibility index (Phi) is 9.12. The van der Waals surface area contributed by atoms with Crippen LogP contribution in [0.25, 0.3) is 5.53 Å². The maximum atomic E-state index is 13.4. The van der Waals surface area contributed by atoms with E-state index in [2.05, 4.69) is 10.2 Å². The van der Waals surface area contributed by atoms with Crippen molar-refractivity contribution in [1.29, 1.82) is 0 Å². The van der Waals surface area contributed by atoms with Crippen LogP contribution >= 0.6 is 7.60 Å². The van der Waals surface area contributed by atoms with E-state index in [1.807, 2.05) is 36.4 Å². The van der Waals surface area contributed by atoms with Crippen LogP contribution in [0.15, 0.2) is 60.7 Å². The second-order valence-corrected chi connectivity index (χ2v) is 10.3. The maximum Gasteiger partial charge on any atom is 0.438 e. The Morgan fingerprint density at radius 3 is 2.18 bits per heavy atom. The van der Waals surface area contributed by atoms with Crippen LogP contribution in [0.2, 0.25) is 0 Å². The summed E-state index contributed by atoms with van der Waals surface area (Å²) in [5, 5.41) is 1.71. The number of benzene rings is 2. The molecular formula is C24H31N4O4P. The van der Waals surface area contributed by atoms with Crippen molar-refractivity contribution in [2.45, 2.75) is 44.7 Å². The van der Waals surface area contributed by atoms with Crippen LogP contribution in [-0.4, -0.2) is 41.4 Å². The number of carbonyl (C=O) groups is 1. The van der Waals surface area contributed by atoms with Crippen molar-refractivity contribution in [2.24, 2.45) is 5.92 Å². The van der Waals surface area contributed by atoms with Gasteiger partial charge in [0, 0.05) is 26.3 Å². The molecule has 1 amide bonds. The number of nitrogens with zero attached hydrogens (tertiary/aromatic N) is 3. The average Bonchev–Trinajstić information content (AvgIpc) is 2.88. The highest BCUT2D eigenvalue weighted by atomic mass is 31.2. The van der Waals surface area contributed by atoms with Crippen molar-refractivity contribution in [2.75, 3.05) is 14.2 Å². The third kappa shape index (κ3) is 6.26. The Morgan fingerprint density at radius 1 is 1.06 bits per heavy atom. The van der Waals surface area contributed by atoms with Crippen LogP contribution in [0, 0.1) is 5.92 Å². The van der Waals surface area contributed by atoms with Gasteiger partial charge in [0.15, 0.2) is 0 Å². The zero-order chi connectivity index (χ0) is 23.7. The largest absolute Gasteiger partial charge is 0.438 e. The molecule has 1 aliphatic carbocycles. The number of hydrogen-bond donors (Lipinski definition) is 1. The topological polar surface area (TPSA) is 104 Å². The average molecular weight is 471 g/mol. The molecule has 3 rings (SSSR count). The smallest absolute Gasteiger partial charge is 0.361 e. The minimum atomic E-state index is -3.88. The normalized spacial score (nSPS) is 15.6. The van der Waals surface area contributed by atoms with Crippen molar-refractivity contribution >= 4 is 19.0 Å². The zero-order valence-electron chi connectivity index (χ0n) is 19.1. The van der Waals surface area contributed by atoms with Gasteiger partial charge < -0.3 is 14.6 Å². The molecule has 0 unspecified atom stereocenters. The first kappa shape index (κ1) is 25.0. The number of hydrogen-bond acceptors (Lipinski definition) is 5. The molecule has 1 aliphatic rings. The predicted octanol–water partition coefficient (Wildman–Crippen LogP) is 4.90. The lowest BCUT2D eigenvalue weighted by atomic mass is 9.83. The van der Waals surface area contributed by atoms with Crippen molar-refractivity contribution < 1.29 is 23.2 Å². The molecule has 1 N–H and O–H groups in total. The number of nitrogens with one attached hydrogen (secondary N) is 1. The van der Waals surface area contributed by atoms with Gasteiger partial charge in [-0.25, -0.2) is 9.57 Å². The summed E-state index contributed by atoms with van der Waals surface area (Å²) >= 11 is 0. The molecule has 0 radical (unpaired) electrons. The second-order valence-electron chi connectivity index (χ2n) is 8.08. The summed E-state index contributed by atoms with van der Waals surface area (Å²) in [5.74, 6) is -0.322. The van der Waals surface area contributed by atoms with Gasteiger partial charge in [0.25, 0.3) is 5.91 Å². The molecule has 0 spiro atoms. The predicted molar refractivity (Wildman–Crippen MR) is 127 cm³/mol. The van der Waals surface area contributed by atoms with Crippen LogP contribution in [0.4, 0.5) is 0 Å². The molecule has 9 heteroatoms. The van der Waals surface area contributed by atoms with Crippen molar-refractivity contribution in [3.8, 4) is 0 Å². The van der Waals surface area contributed by atoms with E-state index in [0.717, 1.165) is 37.7 Å². The van der Waals surface area contributed by atoms with Gasteiger partial charge in [-0.05, 0) is 36.5 Å². The van der Waals surface area contributed by atoms with E-state index in [4.69, 9.17) is 9.05 Å². The number of rotatable bonds is 10. The van der Waals surface area contributed by atoms with Crippen molar-refractivity contribution in [1.82, 2.24) is 10.4 Å². The molecule has 2 aromatic carbocycles. The summed E-state index contributed by atoms with van der Waals surface area (Å²) in [5.41, 5.74) is 14.3. The molecule has 1 saturated carbocycles. The Labute approximate surface area is 195 Å². The molecule has 33 heavy (non-hydrogen) atoms. The fraction of sp³-hybridized carbons (Fsp3) is 0.417. The molecule has 8 nitrogen and oxygen atoms in total. The molecule has 0 saturated heterocycles. The lowest BCUT2D eigenvalue weighted by Gasteiger charge is -2.36. The minimum Gasteiger partial charge on any atom is -0.361 e. The Balaban J connectivity index is 2.05. The van der Waals surface area contributed by atoms with Gasteiger partial charge in [-0.2, -0.15) is 4.79 Å². The lowest BCUT2D eigenvalue weighted by Crippen LogP contribution is -2.55. The van der Waals surface area contributed by atoms with Gasteiger partial charge in [-0.15, -0.1) is 0 Å². The van der Waals surface area contributed by atoms with Crippen molar-refractivity contribution in [3.05, 3.63) is 77.3 Å². The van der Waals surface area contributed by atoms with E-state index < -0.39 is 13.6 Å². The molecule has 0 aromatic heterocycles. The van der Waals surface area contributed by atoms with E-state index in [1.165, 1.54) is 14.2 Å². The molecule has 1 fully saturated rings. The highest BCUT2D eigenvalue weighted by Crippen LogP contribution is 2.51. The fourth-order valence-corrected chi connectivity index (χ4v) is 5.67. The van der Waals surface area contributed by atoms with E-state index in [0.29, 0.717) is 12.1 Å². The summed E-state index contributed by atoms with van der Waals surface area (Å²) in [6.45, 7) is 0.313. The Morgan fingerprint density at radius 2 is 1.64 bits per heavy atom. The second kappa shape index (κ2) is 12.0. The van der Waals surface area contributed by atoms with Crippen LogP contribution < -0.4 is 5.43 Å². The molecule has 0 bridgehead atoms.